The highest BCUT2D eigenvalue weighted by Gasteiger charge is 1.98. The van der Waals surface area contributed by atoms with E-state index in [-0.39, 0.29) is 12.2 Å². The number of halogens is 2. The topological polar surface area (TPSA) is 37.3 Å². The van der Waals surface area contributed by atoms with E-state index in [0.717, 1.165) is 5.56 Å². The third-order valence-electron chi connectivity index (χ3n) is 1.78. The lowest BCUT2D eigenvalue weighted by atomic mass is 10.2. The highest BCUT2D eigenvalue weighted by Crippen LogP contribution is 2.17. The summed E-state index contributed by atoms with van der Waals surface area (Å²) in [7, 11) is 0. The molecule has 4 heteroatoms. The summed E-state index contributed by atoms with van der Waals surface area (Å²) in [5.41, 5.74) is 0.723. The molecule has 15 heavy (non-hydrogen) atoms. The van der Waals surface area contributed by atoms with Gasteiger partial charge >= 0.3 is 5.97 Å². The summed E-state index contributed by atoms with van der Waals surface area (Å²) < 4.78 is 13.5. The van der Waals surface area contributed by atoms with E-state index in [4.69, 9.17) is 5.11 Å². The van der Waals surface area contributed by atoms with Crippen LogP contribution in [-0.4, -0.2) is 11.1 Å². The number of hydrogen-bond acceptors (Lipinski definition) is 1. The predicted molar refractivity (Wildman–Crippen MR) is 60.0 cm³/mol. The zero-order chi connectivity index (χ0) is 11.3. The number of hydrogen-bond donors (Lipinski definition) is 1. The smallest absolute Gasteiger partial charge is 0.303 e. The van der Waals surface area contributed by atoms with E-state index >= 15 is 0 Å². The summed E-state index contributed by atoms with van der Waals surface area (Å²) in [4.78, 5) is 10.2. The molecule has 0 bridgehead atoms. The van der Waals surface area contributed by atoms with Crippen LogP contribution in [0.4, 0.5) is 4.39 Å². The lowest BCUT2D eigenvalue weighted by molar-refractivity contribution is -0.136. The molecule has 0 heterocycles. The van der Waals surface area contributed by atoms with Crippen LogP contribution in [0.25, 0.3) is 6.08 Å². The van der Waals surface area contributed by atoms with Crippen molar-refractivity contribution in [3.8, 4) is 0 Å². The third kappa shape index (κ3) is 4.25. The molecule has 0 saturated carbocycles. The van der Waals surface area contributed by atoms with Crippen molar-refractivity contribution in [3.05, 3.63) is 40.1 Å². The van der Waals surface area contributed by atoms with E-state index in [0.29, 0.717) is 10.9 Å². The summed E-state index contributed by atoms with van der Waals surface area (Å²) in [6.07, 6.45) is 3.97. The van der Waals surface area contributed by atoms with E-state index in [9.17, 15) is 9.18 Å². The Labute approximate surface area is 95.6 Å². The predicted octanol–water partition coefficient (Wildman–Crippen LogP) is 3.47. The molecular formula is C11H10BrFO2. The largest absolute Gasteiger partial charge is 0.481 e. The van der Waals surface area contributed by atoms with Crippen LogP contribution < -0.4 is 0 Å². The van der Waals surface area contributed by atoms with Gasteiger partial charge in [0.25, 0.3) is 0 Å². The monoisotopic (exact) mass is 272 g/mol. The van der Waals surface area contributed by atoms with Crippen LogP contribution >= 0.6 is 15.9 Å². The van der Waals surface area contributed by atoms with Gasteiger partial charge in [0, 0.05) is 6.42 Å². The normalized spacial score (nSPS) is 10.8. The standard InChI is InChI=1S/C11H10BrFO2/c12-9-6-5-8(7-10(9)13)3-1-2-4-11(14)15/h1,3,5-7H,2,4H2,(H,14,15)/b3-1+. The molecule has 0 aromatic heterocycles. The van der Waals surface area contributed by atoms with Crippen molar-refractivity contribution in [3.63, 3.8) is 0 Å². The Bertz CT molecular complexity index is 388. The molecule has 0 fully saturated rings. The molecule has 1 aromatic rings. The van der Waals surface area contributed by atoms with Gasteiger partial charge in [-0.15, -0.1) is 0 Å². The minimum absolute atomic E-state index is 0.0928. The first kappa shape index (κ1) is 11.9. The second-order valence-corrected chi connectivity index (χ2v) is 3.86. The van der Waals surface area contributed by atoms with Gasteiger partial charge in [-0.1, -0.05) is 18.2 Å². The maximum atomic E-state index is 13.0. The van der Waals surface area contributed by atoms with Crippen molar-refractivity contribution in [1.29, 1.82) is 0 Å². The molecular weight excluding hydrogens is 263 g/mol. The first-order chi connectivity index (χ1) is 7.09. The van der Waals surface area contributed by atoms with Gasteiger partial charge in [-0.3, -0.25) is 4.79 Å². The highest BCUT2D eigenvalue weighted by molar-refractivity contribution is 9.10. The molecule has 1 N–H and O–H groups in total. The lowest BCUT2D eigenvalue weighted by Crippen LogP contribution is -1.91. The van der Waals surface area contributed by atoms with Gasteiger partial charge in [0.1, 0.15) is 5.82 Å². The quantitative estimate of drug-likeness (QED) is 0.912. The number of carboxylic acid groups (broad SMARTS) is 1. The van der Waals surface area contributed by atoms with Crippen LogP contribution in [0, 0.1) is 5.82 Å². The Hall–Kier alpha value is -1.16. The van der Waals surface area contributed by atoms with E-state index in [1.165, 1.54) is 6.07 Å². The first-order valence-corrected chi connectivity index (χ1v) is 5.22. The molecule has 0 amide bonds. The lowest BCUT2D eigenvalue weighted by Gasteiger charge is -1.96. The van der Waals surface area contributed by atoms with Gasteiger partial charge in [0.15, 0.2) is 0 Å². The maximum Gasteiger partial charge on any atom is 0.303 e. The molecule has 0 atom stereocenters. The first-order valence-electron chi connectivity index (χ1n) is 4.43. The average molecular weight is 273 g/mol. The van der Waals surface area contributed by atoms with Crippen LogP contribution in [0.2, 0.25) is 0 Å². The number of carbonyl (C=O) groups is 1. The van der Waals surface area contributed by atoms with Gasteiger partial charge in [0.2, 0.25) is 0 Å². The Morgan fingerprint density at radius 3 is 2.87 bits per heavy atom. The molecule has 0 aliphatic heterocycles. The fraction of sp³-hybridized carbons (Fsp3) is 0.182. The number of allylic oxidation sites excluding steroid dienone is 1. The van der Waals surface area contributed by atoms with Gasteiger partial charge in [-0.25, -0.2) is 4.39 Å². The SMILES string of the molecule is O=C(O)CC/C=C/c1ccc(Br)c(F)c1. The van der Waals surface area contributed by atoms with Crippen molar-refractivity contribution in [2.24, 2.45) is 0 Å². The van der Waals surface area contributed by atoms with E-state index < -0.39 is 5.97 Å². The average Bonchev–Trinajstić information content (AvgIpc) is 2.18. The van der Waals surface area contributed by atoms with Crippen molar-refractivity contribution in [2.75, 3.05) is 0 Å². The Morgan fingerprint density at radius 2 is 2.27 bits per heavy atom. The van der Waals surface area contributed by atoms with Crippen molar-refractivity contribution in [2.45, 2.75) is 12.8 Å². The molecule has 0 aliphatic carbocycles. The molecule has 0 spiro atoms. The molecule has 0 saturated heterocycles. The van der Waals surface area contributed by atoms with Crippen LogP contribution in [0.3, 0.4) is 0 Å². The van der Waals surface area contributed by atoms with Crippen molar-refractivity contribution in [1.82, 2.24) is 0 Å². The number of carboxylic acids is 1. The molecule has 2 nitrogen and oxygen atoms in total. The number of benzene rings is 1. The summed E-state index contributed by atoms with van der Waals surface area (Å²) >= 11 is 3.05. The summed E-state index contributed by atoms with van der Waals surface area (Å²) in [6.45, 7) is 0. The molecule has 0 aliphatic rings. The maximum absolute atomic E-state index is 13.0. The van der Waals surface area contributed by atoms with E-state index in [1.54, 1.807) is 24.3 Å². The number of rotatable bonds is 4. The summed E-state index contributed by atoms with van der Waals surface area (Å²) in [5.74, 6) is -1.16. The van der Waals surface area contributed by atoms with Gasteiger partial charge < -0.3 is 5.11 Å². The minimum Gasteiger partial charge on any atom is -0.481 e. The van der Waals surface area contributed by atoms with Crippen LogP contribution in [-0.2, 0) is 4.79 Å². The molecule has 1 rings (SSSR count). The highest BCUT2D eigenvalue weighted by atomic mass is 79.9. The zero-order valence-electron chi connectivity index (χ0n) is 7.91. The second-order valence-electron chi connectivity index (χ2n) is 3.01. The summed E-state index contributed by atoms with van der Waals surface area (Å²) in [6, 6.07) is 4.76. The second kappa shape index (κ2) is 5.66. The van der Waals surface area contributed by atoms with Crippen molar-refractivity contribution >= 4 is 28.0 Å². The van der Waals surface area contributed by atoms with Gasteiger partial charge in [-0.2, -0.15) is 0 Å². The minimum atomic E-state index is -0.832. The van der Waals surface area contributed by atoms with Crippen LogP contribution in [0.1, 0.15) is 18.4 Å². The van der Waals surface area contributed by atoms with E-state index in [1.807, 2.05) is 0 Å². The van der Waals surface area contributed by atoms with Crippen LogP contribution in [0.5, 0.6) is 0 Å². The van der Waals surface area contributed by atoms with Crippen LogP contribution in [0.15, 0.2) is 28.7 Å². The van der Waals surface area contributed by atoms with Crippen molar-refractivity contribution < 1.29 is 14.3 Å². The Morgan fingerprint density at radius 1 is 1.53 bits per heavy atom. The van der Waals surface area contributed by atoms with Gasteiger partial charge in [-0.05, 0) is 40.0 Å². The third-order valence-corrected chi connectivity index (χ3v) is 2.42. The Balaban J connectivity index is 2.57. The zero-order valence-corrected chi connectivity index (χ0v) is 9.50. The summed E-state index contributed by atoms with van der Waals surface area (Å²) in [5, 5.41) is 8.39. The molecule has 1 aromatic carbocycles. The molecule has 0 radical (unpaired) electrons. The molecule has 80 valence electrons. The Kier molecular flexibility index (Phi) is 4.49. The fourth-order valence-corrected chi connectivity index (χ4v) is 1.29. The number of aliphatic carboxylic acids is 1. The molecule has 0 unspecified atom stereocenters. The van der Waals surface area contributed by atoms with Gasteiger partial charge in [0.05, 0.1) is 4.47 Å². The fourth-order valence-electron chi connectivity index (χ4n) is 1.04. The van der Waals surface area contributed by atoms with E-state index in [2.05, 4.69) is 15.9 Å².